The van der Waals surface area contributed by atoms with Gasteiger partial charge < -0.3 is 4.90 Å². The van der Waals surface area contributed by atoms with Gasteiger partial charge in [0.25, 0.3) is 0 Å². The highest BCUT2D eigenvalue weighted by atomic mass is 32.1. The number of rotatable bonds is 3. The summed E-state index contributed by atoms with van der Waals surface area (Å²) >= 11 is 4.25. The van der Waals surface area contributed by atoms with Gasteiger partial charge in [-0.1, -0.05) is 6.42 Å². The molecule has 2 heteroatoms. The highest BCUT2D eigenvalue weighted by Gasteiger charge is 2.35. The summed E-state index contributed by atoms with van der Waals surface area (Å²) < 4.78 is 0. The number of nitrogens with zero attached hydrogens (tertiary/aromatic N) is 1. The molecular weight excluding hydrogens is 166 g/mol. The maximum absolute atomic E-state index is 4.25. The summed E-state index contributed by atoms with van der Waals surface area (Å²) in [6.45, 7) is 4.06. The van der Waals surface area contributed by atoms with Crippen molar-refractivity contribution in [2.24, 2.45) is 11.8 Å². The minimum absolute atomic E-state index is 1.05. The second-order valence-corrected chi connectivity index (χ2v) is 4.74. The van der Waals surface area contributed by atoms with Crippen molar-refractivity contribution in [2.45, 2.75) is 25.7 Å². The highest BCUT2D eigenvalue weighted by molar-refractivity contribution is 7.80. The van der Waals surface area contributed by atoms with Gasteiger partial charge in [0.15, 0.2) is 0 Å². The van der Waals surface area contributed by atoms with Crippen molar-refractivity contribution in [1.82, 2.24) is 4.90 Å². The first-order chi connectivity index (χ1) is 5.90. The standard InChI is InChI=1S/C10H19NS/c12-6-2-5-11-7-9-3-1-4-10(9)8-11/h9-10,12H,1-8H2. The van der Waals surface area contributed by atoms with E-state index >= 15 is 0 Å². The molecule has 2 atom stereocenters. The Morgan fingerprint density at radius 2 is 1.83 bits per heavy atom. The molecule has 0 spiro atoms. The van der Waals surface area contributed by atoms with Crippen molar-refractivity contribution in [1.29, 1.82) is 0 Å². The third-order valence-corrected chi connectivity index (χ3v) is 3.75. The quantitative estimate of drug-likeness (QED) is 0.659. The molecule has 1 nitrogen and oxygen atoms in total. The van der Waals surface area contributed by atoms with Gasteiger partial charge in [-0.05, 0) is 43.4 Å². The lowest BCUT2D eigenvalue weighted by Gasteiger charge is -2.15. The molecule has 0 N–H and O–H groups in total. The Balaban J connectivity index is 1.75. The predicted octanol–water partition coefficient (Wildman–Crippen LogP) is 2.04. The topological polar surface area (TPSA) is 3.24 Å². The summed E-state index contributed by atoms with van der Waals surface area (Å²) in [6.07, 6.45) is 5.77. The van der Waals surface area contributed by atoms with Gasteiger partial charge in [-0.15, -0.1) is 0 Å². The molecule has 1 saturated heterocycles. The minimum Gasteiger partial charge on any atom is -0.303 e. The Morgan fingerprint density at radius 3 is 2.42 bits per heavy atom. The van der Waals surface area contributed by atoms with Gasteiger partial charge >= 0.3 is 0 Å². The first-order valence-corrected chi connectivity index (χ1v) is 5.86. The fraction of sp³-hybridized carbons (Fsp3) is 1.00. The molecule has 0 aromatic carbocycles. The first kappa shape index (κ1) is 8.89. The molecule has 12 heavy (non-hydrogen) atoms. The molecule has 0 radical (unpaired) electrons. The van der Waals surface area contributed by atoms with Crippen molar-refractivity contribution in [3.05, 3.63) is 0 Å². The average molecular weight is 185 g/mol. The van der Waals surface area contributed by atoms with Crippen LogP contribution in [0, 0.1) is 11.8 Å². The van der Waals surface area contributed by atoms with Crippen LogP contribution >= 0.6 is 12.6 Å². The molecule has 1 saturated carbocycles. The van der Waals surface area contributed by atoms with Gasteiger partial charge in [-0.3, -0.25) is 0 Å². The number of hydrogen-bond acceptors (Lipinski definition) is 2. The van der Waals surface area contributed by atoms with E-state index in [0.29, 0.717) is 0 Å². The number of thiol groups is 1. The third kappa shape index (κ3) is 1.80. The molecule has 0 bridgehead atoms. The van der Waals surface area contributed by atoms with Crippen LogP contribution in [0.1, 0.15) is 25.7 Å². The Hall–Kier alpha value is 0.310. The van der Waals surface area contributed by atoms with Crippen LogP contribution in [-0.2, 0) is 0 Å². The molecule has 2 aliphatic rings. The smallest absolute Gasteiger partial charge is 0.00129 e. The average Bonchev–Trinajstić information content (AvgIpc) is 2.58. The van der Waals surface area contributed by atoms with Gasteiger partial charge in [0.1, 0.15) is 0 Å². The van der Waals surface area contributed by atoms with E-state index in [9.17, 15) is 0 Å². The minimum atomic E-state index is 1.05. The zero-order valence-corrected chi connectivity index (χ0v) is 8.60. The molecule has 0 aromatic heterocycles. The molecule has 0 amide bonds. The van der Waals surface area contributed by atoms with Gasteiger partial charge in [-0.25, -0.2) is 0 Å². The van der Waals surface area contributed by atoms with Crippen LogP contribution < -0.4 is 0 Å². The monoisotopic (exact) mass is 185 g/mol. The molecule has 2 fully saturated rings. The van der Waals surface area contributed by atoms with E-state index < -0.39 is 0 Å². The SMILES string of the molecule is SCCCN1CC2CCCC2C1. The van der Waals surface area contributed by atoms with Crippen LogP contribution in [0.4, 0.5) is 0 Å². The summed E-state index contributed by atoms with van der Waals surface area (Å²) in [5.74, 6) is 3.17. The summed E-state index contributed by atoms with van der Waals surface area (Å²) in [6, 6.07) is 0. The number of likely N-dealkylation sites (tertiary alicyclic amines) is 1. The summed E-state index contributed by atoms with van der Waals surface area (Å²) in [4.78, 5) is 2.64. The third-order valence-electron chi connectivity index (χ3n) is 3.43. The molecule has 1 aliphatic heterocycles. The molecule has 70 valence electrons. The first-order valence-electron chi connectivity index (χ1n) is 5.23. The van der Waals surface area contributed by atoms with E-state index in [2.05, 4.69) is 17.5 Å². The van der Waals surface area contributed by atoms with E-state index in [0.717, 1.165) is 17.6 Å². The maximum atomic E-state index is 4.25. The second kappa shape index (κ2) is 4.01. The Labute approximate surface area is 80.9 Å². The lowest BCUT2D eigenvalue weighted by atomic mass is 10.0. The highest BCUT2D eigenvalue weighted by Crippen LogP contribution is 2.37. The van der Waals surface area contributed by atoms with E-state index in [1.807, 2.05) is 0 Å². The summed E-state index contributed by atoms with van der Waals surface area (Å²) in [5, 5.41) is 0. The predicted molar refractivity (Wildman–Crippen MR) is 55.7 cm³/mol. The number of fused-ring (bicyclic) bond motifs is 1. The summed E-state index contributed by atoms with van der Waals surface area (Å²) in [7, 11) is 0. The lowest BCUT2D eigenvalue weighted by Crippen LogP contribution is -2.23. The molecule has 1 aliphatic carbocycles. The fourth-order valence-corrected chi connectivity index (χ4v) is 2.95. The van der Waals surface area contributed by atoms with Gasteiger partial charge in [-0.2, -0.15) is 12.6 Å². The van der Waals surface area contributed by atoms with Crippen molar-refractivity contribution in [3.63, 3.8) is 0 Å². The van der Waals surface area contributed by atoms with E-state index in [1.165, 1.54) is 45.3 Å². The fourth-order valence-electron chi connectivity index (χ4n) is 2.81. The van der Waals surface area contributed by atoms with Gasteiger partial charge in [0.05, 0.1) is 0 Å². The molecular formula is C10H19NS. The zero-order chi connectivity index (χ0) is 8.39. The van der Waals surface area contributed by atoms with Crippen LogP contribution in [0.2, 0.25) is 0 Å². The number of hydrogen-bond donors (Lipinski definition) is 1. The molecule has 2 rings (SSSR count). The Kier molecular flexibility index (Phi) is 2.97. The van der Waals surface area contributed by atoms with Crippen molar-refractivity contribution >= 4 is 12.6 Å². The Morgan fingerprint density at radius 1 is 1.17 bits per heavy atom. The van der Waals surface area contributed by atoms with E-state index in [1.54, 1.807) is 0 Å². The summed E-state index contributed by atoms with van der Waals surface area (Å²) in [5.41, 5.74) is 0. The van der Waals surface area contributed by atoms with Crippen LogP contribution in [0.5, 0.6) is 0 Å². The van der Waals surface area contributed by atoms with Crippen LogP contribution in [0.15, 0.2) is 0 Å². The van der Waals surface area contributed by atoms with Crippen LogP contribution in [0.3, 0.4) is 0 Å². The van der Waals surface area contributed by atoms with E-state index in [-0.39, 0.29) is 0 Å². The maximum Gasteiger partial charge on any atom is 0.00129 e. The zero-order valence-electron chi connectivity index (χ0n) is 7.71. The Bertz CT molecular complexity index is 137. The van der Waals surface area contributed by atoms with Crippen molar-refractivity contribution in [2.75, 3.05) is 25.4 Å². The normalized spacial score (nSPS) is 35.8. The van der Waals surface area contributed by atoms with E-state index in [4.69, 9.17) is 0 Å². The molecule has 2 unspecified atom stereocenters. The lowest BCUT2D eigenvalue weighted by molar-refractivity contribution is 0.313. The van der Waals surface area contributed by atoms with Crippen molar-refractivity contribution in [3.8, 4) is 0 Å². The van der Waals surface area contributed by atoms with Gasteiger partial charge in [0.2, 0.25) is 0 Å². The largest absolute Gasteiger partial charge is 0.303 e. The second-order valence-electron chi connectivity index (χ2n) is 4.29. The van der Waals surface area contributed by atoms with Crippen molar-refractivity contribution < 1.29 is 0 Å². The molecule has 1 heterocycles. The van der Waals surface area contributed by atoms with Crippen LogP contribution in [-0.4, -0.2) is 30.3 Å². The van der Waals surface area contributed by atoms with Crippen LogP contribution in [0.25, 0.3) is 0 Å². The van der Waals surface area contributed by atoms with Gasteiger partial charge in [0, 0.05) is 13.1 Å². The molecule has 0 aromatic rings.